The van der Waals surface area contributed by atoms with E-state index in [1.54, 1.807) is 0 Å². The molecule has 1 atom stereocenters. The second-order valence-corrected chi connectivity index (χ2v) is 11.1. The van der Waals surface area contributed by atoms with Crippen LogP contribution in [0.4, 0.5) is 0 Å². The number of aromatic nitrogens is 4. The van der Waals surface area contributed by atoms with E-state index < -0.39 is 0 Å². The first kappa shape index (κ1) is 23.6. The van der Waals surface area contributed by atoms with Crippen molar-refractivity contribution in [3.8, 4) is 0 Å². The van der Waals surface area contributed by atoms with Crippen LogP contribution in [0.2, 0.25) is 0 Å². The second kappa shape index (κ2) is 10.4. The maximum atomic E-state index is 4.92. The number of imidazole rings is 1. The first-order valence-corrected chi connectivity index (χ1v) is 14.2. The second-order valence-electron chi connectivity index (χ2n) is 11.1. The van der Waals surface area contributed by atoms with Gasteiger partial charge in [-0.1, -0.05) is 36.4 Å². The molecule has 1 fully saturated rings. The molecule has 0 bridgehead atoms. The van der Waals surface area contributed by atoms with Crippen molar-refractivity contribution >= 4 is 21.9 Å². The summed E-state index contributed by atoms with van der Waals surface area (Å²) in [7, 11) is 0. The molecule has 5 aromatic rings. The molecule has 3 N–H and O–H groups in total. The lowest BCUT2D eigenvalue weighted by atomic mass is 9.85. The highest BCUT2D eigenvalue weighted by Gasteiger charge is 2.34. The minimum absolute atomic E-state index is 0.386. The van der Waals surface area contributed by atoms with Crippen LogP contribution in [0.1, 0.15) is 67.3 Å². The standard InChI is InChI=1S/C32H36N6/c1-2-10-27-23(7-1)19-25(35-27)21-38(30-13-5-8-22-9-6-18-33-32(22)30)26-16-14-24(15-17-26)34-20-31-36-28-11-3-4-12-29(28)37-31/h1-4,6-7,9-12,18-19,24,26,30,34-35H,5,8,13-17,20-21H2,(H,36,37). The highest BCUT2D eigenvalue weighted by molar-refractivity contribution is 5.80. The molecule has 0 aliphatic heterocycles. The van der Waals surface area contributed by atoms with Gasteiger partial charge in [-0.2, -0.15) is 0 Å². The number of aromatic amines is 2. The highest BCUT2D eigenvalue weighted by Crippen LogP contribution is 2.38. The van der Waals surface area contributed by atoms with E-state index in [2.05, 4.69) is 80.8 Å². The number of para-hydroxylation sites is 3. The zero-order valence-electron chi connectivity index (χ0n) is 21.9. The van der Waals surface area contributed by atoms with E-state index in [-0.39, 0.29) is 0 Å². The Kier molecular flexibility index (Phi) is 6.44. The fourth-order valence-electron chi connectivity index (χ4n) is 6.76. The van der Waals surface area contributed by atoms with Gasteiger partial charge in [-0.25, -0.2) is 4.98 Å². The highest BCUT2D eigenvalue weighted by atomic mass is 15.2. The fraction of sp³-hybridized carbons (Fsp3) is 0.375. The van der Waals surface area contributed by atoms with Crippen molar-refractivity contribution in [1.82, 2.24) is 30.2 Å². The fourth-order valence-corrected chi connectivity index (χ4v) is 6.76. The SMILES string of the molecule is c1cnc2c(c1)CCCC2N(Cc1cc2ccccc2[nH]1)C1CCC(NCc2nc3ccccc3[nH]2)CC1. The molecular weight excluding hydrogens is 468 g/mol. The van der Waals surface area contributed by atoms with E-state index in [1.807, 2.05) is 12.3 Å². The van der Waals surface area contributed by atoms with E-state index in [4.69, 9.17) is 9.97 Å². The van der Waals surface area contributed by atoms with Gasteiger partial charge in [-0.05, 0) is 86.2 Å². The Morgan fingerprint density at radius 2 is 1.71 bits per heavy atom. The lowest BCUT2D eigenvalue weighted by Crippen LogP contribution is -2.44. The third kappa shape index (κ3) is 4.74. The van der Waals surface area contributed by atoms with Crippen LogP contribution in [-0.4, -0.2) is 36.9 Å². The molecule has 6 heteroatoms. The number of benzene rings is 2. The van der Waals surface area contributed by atoms with Crippen LogP contribution in [-0.2, 0) is 19.5 Å². The van der Waals surface area contributed by atoms with Crippen molar-refractivity contribution in [3.05, 3.63) is 95.7 Å². The molecular formula is C32H36N6. The Morgan fingerprint density at radius 3 is 2.58 bits per heavy atom. The van der Waals surface area contributed by atoms with Gasteiger partial charge in [0.25, 0.3) is 0 Å². The van der Waals surface area contributed by atoms with Gasteiger partial charge in [-0.15, -0.1) is 0 Å². The molecule has 0 saturated heterocycles. The van der Waals surface area contributed by atoms with Crippen molar-refractivity contribution in [2.45, 2.75) is 76.2 Å². The summed E-state index contributed by atoms with van der Waals surface area (Å²) in [4.78, 5) is 19.6. The van der Waals surface area contributed by atoms with Crippen LogP contribution in [0.3, 0.4) is 0 Å². The third-order valence-electron chi connectivity index (χ3n) is 8.67. The molecule has 0 amide bonds. The summed E-state index contributed by atoms with van der Waals surface area (Å²) in [6.07, 6.45) is 10.4. The zero-order valence-corrected chi connectivity index (χ0v) is 21.9. The molecule has 2 aliphatic rings. The summed E-state index contributed by atoms with van der Waals surface area (Å²) in [5.74, 6) is 1.03. The van der Waals surface area contributed by atoms with E-state index in [9.17, 15) is 0 Å². The number of nitrogens with zero attached hydrogens (tertiary/aromatic N) is 3. The number of fused-ring (bicyclic) bond motifs is 3. The number of hydrogen-bond donors (Lipinski definition) is 3. The Bertz CT molecular complexity index is 1460. The maximum absolute atomic E-state index is 4.92. The van der Waals surface area contributed by atoms with Crippen molar-refractivity contribution in [2.75, 3.05) is 0 Å². The average molecular weight is 505 g/mol. The minimum atomic E-state index is 0.386. The first-order chi connectivity index (χ1) is 18.8. The summed E-state index contributed by atoms with van der Waals surface area (Å²) >= 11 is 0. The van der Waals surface area contributed by atoms with Gasteiger partial charge in [0.15, 0.2) is 0 Å². The molecule has 1 saturated carbocycles. The lowest BCUT2D eigenvalue weighted by Gasteiger charge is -2.43. The summed E-state index contributed by atoms with van der Waals surface area (Å²) < 4.78 is 0. The van der Waals surface area contributed by atoms with E-state index in [0.29, 0.717) is 18.1 Å². The molecule has 2 aromatic carbocycles. The maximum Gasteiger partial charge on any atom is 0.121 e. The average Bonchev–Trinajstić information content (AvgIpc) is 3.58. The number of nitrogens with one attached hydrogen (secondary N) is 3. The Balaban J connectivity index is 1.07. The van der Waals surface area contributed by atoms with Crippen LogP contribution in [0.5, 0.6) is 0 Å². The van der Waals surface area contributed by atoms with Gasteiger partial charge < -0.3 is 15.3 Å². The van der Waals surface area contributed by atoms with Gasteiger partial charge in [0, 0.05) is 36.0 Å². The molecule has 2 aliphatic carbocycles. The number of H-pyrrole nitrogens is 2. The summed E-state index contributed by atoms with van der Waals surface area (Å²) in [5.41, 5.74) is 7.43. The van der Waals surface area contributed by atoms with Gasteiger partial charge in [-0.3, -0.25) is 9.88 Å². The van der Waals surface area contributed by atoms with Crippen LogP contribution in [0, 0.1) is 0 Å². The van der Waals surface area contributed by atoms with Crippen LogP contribution >= 0.6 is 0 Å². The molecule has 194 valence electrons. The monoisotopic (exact) mass is 504 g/mol. The van der Waals surface area contributed by atoms with Gasteiger partial charge >= 0.3 is 0 Å². The number of hydrogen-bond acceptors (Lipinski definition) is 4. The largest absolute Gasteiger partial charge is 0.357 e. The normalized spacial score (nSPS) is 21.8. The molecule has 3 heterocycles. The topological polar surface area (TPSA) is 72.6 Å². The van der Waals surface area contributed by atoms with Crippen LogP contribution in [0.25, 0.3) is 21.9 Å². The van der Waals surface area contributed by atoms with Crippen molar-refractivity contribution in [2.24, 2.45) is 0 Å². The Hall–Kier alpha value is -3.48. The smallest absolute Gasteiger partial charge is 0.121 e. The quantitative estimate of drug-likeness (QED) is 0.239. The van der Waals surface area contributed by atoms with E-state index in [0.717, 1.165) is 36.4 Å². The van der Waals surface area contributed by atoms with Gasteiger partial charge in [0.1, 0.15) is 5.82 Å². The molecule has 38 heavy (non-hydrogen) atoms. The zero-order chi connectivity index (χ0) is 25.3. The summed E-state index contributed by atoms with van der Waals surface area (Å²) in [6.45, 7) is 1.74. The van der Waals surface area contributed by atoms with Crippen molar-refractivity contribution in [1.29, 1.82) is 0 Å². The van der Waals surface area contributed by atoms with E-state index >= 15 is 0 Å². The Labute approximate surface area is 223 Å². The molecule has 6 nitrogen and oxygen atoms in total. The molecule has 0 radical (unpaired) electrons. The Morgan fingerprint density at radius 1 is 0.868 bits per heavy atom. The van der Waals surface area contributed by atoms with Crippen LogP contribution < -0.4 is 5.32 Å². The number of aryl methyl sites for hydroxylation is 1. The summed E-state index contributed by atoms with van der Waals surface area (Å²) in [5, 5.41) is 5.08. The number of pyridine rings is 1. The molecule has 0 spiro atoms. The molecule has 7 rings (SSSR count). The van der Waals surface area contributed by atoms with E-state index in [1.165, 1.54) is 66.4 Å². The molecule has 3 aromatic heterocycles. The number of rotatable bonds is 7. The summed E-state index contributed by atoms with van der Waals surface area (Å²) in [6, 6.07) is 25.1. The lowest BCUT2D eigenvalue weighted by molar-refractivity contribution is 0.0740. The molecule has 1 unspecified atom stereocenters. The predicted octanol–water partition coefficient (Wildman–Crippen LogP) is 6.42. The third-order valence-corrected chi connectivity index (χ3v) is 8.67. The first-order valence-electron chi connectivity index (χ1n) is 14.2. The van der Waals surface area contributed by atoms with Crippen LogP contribution in [0.15, 0.2) is 72.9 Å². The van der Waals surface area contributed by atoms with Crippen molar-refractivity contribution in [3.63, 3.8) is 0 Å². The van der Waals surface area contributed by atoms with Gasteiger partial charge in [0.05, 0.1) is 29.3 Å². The predicted molar refractivity (Wildman–Crippen MR) is 153 cm³/mol. The van der Waals surface area contributed by atoms with Crippen molar-refractivity contribution < 1.29 is 0 Å². The van der Waals surface area contributed by atoms with Gasteiger partial charge in [0.2, 0.25) is 0 Å². The minimum Gasteiger partial charge on any atom is -0.357 e.